The molecule has 7 heteroatoms. The van der Waals surface area contributed by atoms with Crippen LogP contribution in [0.3, 0.4) is 0 Å². The number of hydrogen-bond donors (Lipinski definition) is 2. The van der Waals surface area contributed by atoms with Crippen molar-refractivity contribution in [2.75, 3.05) is 0 Å². The maximum atomic E-state index is 12.7. The molecule has 0 bridgehead atoms. The van der Waals surface area contributed by atoms with Gasteiger partial charge in [-0.05, 0) is 30.2 Å². The molecule has 0 spiro atoms. The summed E-state index contributed by atoms with van der Waals surface area (Å²) in [4.78, 5) is 12.7. The number of carbonyl (C=O) groups is 1. The standard InChI is InChI=1S/C17H28N2O3S2/c1-13(2)16(19-24(21,22)15-11-8-12-23-15)17(20)18-14-9-6-4-3-5-7-10-14/h8,11-14,16,19H,3-7,9-10H2,1-2H3,(H,18,20). The predicted molar refractivity (Wildman–Crippen MR) is 97.5 cm³/mol. The third kappa shape index (κ3) is 5.57. The van der Waals surface area contributed by atoms with Crippen LogP contribution in [-0.4, -0.2) is 26.4 Å². The van der Waals surface area contributed by atoms with Gasteiger partial charge in [0.25, 0.3) is 10.0 Å². The Kier molecular flexibility index (Phi) is 7.25. The molecule has 0 radical (unpaired) electrons. The van der Waals surface area contributed by atoms with Crippen molar-refractivity contribution in [3.8, 4) is 0 Å². The van der Waals surface area contributed by atoms with E-state index in [4.69, 9.17) is 0 Å². The molecule has 0 aromatic carbocycles. The number of sulfonamides is 1. The second-order valence-electron chi connectivity index (χ2n) is 6.83. The van der Waals surface area contributed by atoms with Crippen LogP contribution in [0.2, 0.25) is 0 Å². The highest BCUT2D eigenvalue weighted by atomic mass is 32.2. The fraction of sp³-hybridized carbons (Fsp3) is 0.706. The van der Waals surface area contributed by atoms with Crippen molar-refractivity contribution < 1.29 is 13.2 Å². The lowest BCUT2D eigenvalue weighted by atomic mass is 9.96. The molecule has 1 atom stereocenters. The molecular formula is C17H28N2O3S2. The van der Waals surface area contributed by atoms with Gasteiger partial charge in [0, 0.05) is 6.04 Å². The fourth-order valence-electron chi connectivity index (χ4n) is 3.03. The number of rotatable bonds is 6. The number of amides is 1. The third-order valence-corrected chi connectivity index (χ3v) is 7.28. The van der Waals surface area contributed by atoms with Crippen LogP contribution in [0.1, 0.15) is 58.8 Å². The summed E-state index contributed by atoms with van der Waals surface area (Å²) < 4.78 is 27.7. The first-order valence-electron chi connectivity index (χ1n) is 8.76. The summed E-state index contributed by atoms with van der Waals surface area (Å²) in [6.07, 6.45) is 7.91. The minimum absolute atomic E-state index is 0.117. The van der Waals surface area contributed by atoms with Crippen molar-refractivity contribution in [2.45, 2.75) is 75.1 Å². The largest absolute Gasteiger partial charge is 0.352 e. The Morgan fingerprint density at radius 1 is 1.17 bits per heavy atom. The van der Waals surface area contributed by atoms with E-state index in [2.05, 4.69) is 10.0 Å². The molecule has 0 aliphatic heterocycles. The Morgan fingerprint density at radius 3 is 2.33 bits per heavy atom. The van der Waals surface area contributed by atoms with Crippen LogP contribution in [0.5, 0.6) is 0 Å². The predicted octanol–water partition coefficient (Wildman–Crippen LogP) is 3.28. The molecule has 1 amide bonds. The van der Waals surface area contributed by atoms with Crippen molar-refractivity contribution in [3.05, 3.63) is 17.5 Å². The summed E-state index contributed by atoms with van der Waals surface area (Å²) in [6, 6.07) is 2.66. The zero-order valence-corrected chi connectivity index (χ0v) is 16.1. The van der Waals surface area contributed by atoms with Gasteiger partial charge < -0.3 is 5.32 Å². The van der Waals surface area contributed by atoms with Gasteiger partial charge in [0.15, 0.2) is 0 Å². The quantitative estimate of drug-likeness (QED) is 0.805. The summed E-state index contributed by atoms with van der Waals surface area (Å²) in [5.74, 6) is -0.330. The molecule has 2 rings (SSSR count). The van der Waals surface area contributed by atoms with Crippen molar-refractivity contribution in [2.24, 2.45) is 5.92 Å². The van der Waals surface area contributed by atoms with E-state index in [0.29, 0.717) is 0 Å². The SMILES string of the molecule is CC(C)C(NS(=O)(=O)c1cccs1)C(=O)NC1CCCCCCC1. The Balaban J connectivity index is 2.02. The Labute approximate surface area is 149 Å². The van der Waals surface area contributed by atoms with E-state index >= 15 is 0 Å². The van der Waals surface area contributed by atoms with Gasteiger partial charge in [-0.25, -0.2) is 8.42 Å². The molecule has 1 aliphatic rings. The van der Waals surface area contributed by atoms with Crippen LogP contribution in [0, 0.1) is 5.92 Å². The first kappa shape index (κ1) is 19.4. The third-order valence-electron chi connectivity index (χ3n) is 4.44. The van der Waals surface area contributed by atoms with E-state index in [-0.39, 0.29) is 22.1 Å². The van der Waals surface area contributed by atoms with E-state index in [1.807, 2.05) is 13.8 Å². The molecule has 1 fully saturated rings. The summed E-state index contributed by atoms with van der Waals surface area (Å²) in [5.41, 5.74) is 0. The lowest BCUT2D eigenvalue weighted by Gasteiger charge is -2.26. The summed E-state index contributed by atoms with van der Waals surface area (Å²) in [5, 5.41) is 4.79. The van der Waals surface area contributed by atoms with E-state index in [1.165, 1.54) is 19.3 Å². The van der Waals surface area contributed by atoms with Gasteiger partial charge in [-0.2, -0.15) is 4.72 Å². The average Bonchev–Trinajstić information content (AvgIpc) is 3.02. The van der Waals surface area contributed by atoms with Gasteiger partial charge in [-0.3, -0.25) is 4.79 Å². The van der Waals surface area contributed by atoms with Gasteiger partial charge in [-0.1, -0.05) is 52.0 Å². The van der Waals surface area contributed by atoms with E-state index < -0.39 is 16.1 Å². The molecule has 1 aromatic rings. The minimum Gasteiger partial charge on any atom is -0.352 e. The monoisotopic (exact) mass is 372 g/mol. The molecule has 1 aromatic heterocycles. The Morgan fingerprint density at radius 2 is 1.79 bits per heavy atom. The number of nitrogens with one attached hydrogen (secondary N) is 2. The number of hydrogen-bond acceptors (Lipinski definition) is 4. The van der Waals surface area contributed by atoms with Crippen LogP contribution >= 0.6 is 11.3 Å². The molecular weight excluding hydrogens is 344 g/mol. The van der Waals surface area contributed by atoms with Crippen LogP contribution in [-0.2, 0) is 14.8 Å². The summed E-state index contributed by atoms with van der Waals surface area (Å²) >= 11 is 1.15. The van der Waals surface area contributed by atoms with Gasteiger partial charge in [0.2, 0.25) is 5.91 Å². The first-order chi connectivity index (χ1) is 11.4. The number of carbonyl (C=O) groups excluding carboxylic acids is 1. The molecule has 1 saturated carbocycles. The lowest BCUT2D eigenvalue weighted by Crippen LogP contribution is -2.52. The topological polar surface area (TPSA) is 75.3 Å². The second kappa shape index (κ2) is 8.97. The van der Waals surface area contributed by atoms with E-state index in [9.17, 15) is 13.2 Å². The lowest BCUT2D eigenvalue weighted by molar-refractivity contribution is -0.124. The zero-order chi connectivity index (χ0) is 17.6. The maximum Gasteiger partial charge on any atom is 0.250 e. The molecule has 1 unspecified atom stereocenters. The van der Waals surface area contributed by atoms with Gasteiger partial charge >= 0.3 is 0 Å². The normalized spacial score (nSPS) is 18.8. The first-order valence-corrected chi connectivity index (χ1v) is 11.1. The molecule has 1 heterocycles. The van der Waals surface area contributed by atoms with Gasteiger partial charge in [0.05, 0.1) is 0 Å². The zero-order valence-electron chi connectivity index (χ0n) is 14.5. The molecule has 1 aliphatic carbocycles. The van der Waals surface area contributed by atoms with Crippen molar-refractivity contribution in [3.63, 3.8) is 0 Å². The van der Waals surface area contributed by atoms with Crippen molar-refractivity contribution in [1.82, 2.24) is 10.0 Å². The Bertz CT molecular complexity index is 604. The number of thiophene rings is 1. The summed E-state index contributed by atoms with van der Waals surface area (Å²) in [6.45, 7) is 3.72. The Hall–Kier alpha value is -0.920. The highest BCUT2D eigenvalue weighted by Gasteiger charge is 2.30. The van der Waals surface area contributed by atoms with E-state index in [0.717, 1.165) is 37.0 Å². The molecule has 2 N–H and O–H groups in total. The van der Waals surface area contributed by atoms with Crippen molar-refractivity contribution in [1.29, 1.82) is 0 Å². The highest BCUT2D eigenvalue weighted by Crippen LogP contribution is 2.19. The van der Waals surface area contributed by atoms with Crippen LogP contribution in [0.15, 0.2) is 21.7 Å². The molecule has 136 valence electrons. The molecule has 24 heavy (non-hydrogen) atoms. The molecule has 0 saturated heterocycles. The van der Waals surface area contributed by atoms with Crippen LogP contribution in [0.25, 0.3) is 0 Å². The highest BCUT2D eigenvalue weighted by molar-refractivity contribution is 7.91. The van der Waals surface area contributed by atoms with Crippen LogP contribution in [0.4, 0.5) is 0 Å². The molecule has 5 nitrogen and oxygen atoms in total. The van der Waals surface area contributed by atoms with E-state index in [1.54, 1.807) is 17.5 Å². The minimum atomic E-state index is -3.65. The maximum absolute atomic E-state index is 12.7. The smallest absolute Gasteiger partial charge is 0.250 e. The van der Waals surface area contributed by atoms with Crippen LogP contribution < -0.4 is 10.0 Å². The second-order valence-corrected chi connectivity index (χ2v) is 9.71. The van der Waals surface area contributed by atoms with Gasteiger partial charge in [-0.15, -0.1) is 11.3 Å². The van der Waals surface area contributed by atoms with Gasteiger partial charge in [0.1, 0.15) is 10.3 Å². The fourth-order valence-corrected chi connectivity index (χ4v) is 5.38. The summed E-state index contributed by atoms with van der Waals surface area (Å²) in [7, 11) is -3.65. The van der Waals surface area contributed by atoms with Crippen molar-refractivity contribution >= 4 is 27.3 Å². The average molecular weight is 373 g/mol.